The first-order valence-electron chi connectivity index (χ1n) is 8.91. The molecule has 0 saturated heterocycles. The van der Waals surface area contributed by atoms with Crippen molar-refractivity contribution in [2.45, 2.75) is 20.1 Å². The third-order valence-electron chi connectivity index (χ3n) is 4.17. The Morgan fingerprint density at radius 1 is 1.18 bits per heavy atom. The Labute approximate surface area is 172 Å². The minimum Gasteiger partial charge on any atom is -0.496 e. The Hall–Kier alpha value is -2.86. The van der Waals surface area contributed by atoms with Crippen LogP contribution in [-0.2, 0) is 13.2 Å². The van der Waals surface area contributed by atoms with Crippen LogP contribution in [0.15, 0.2) is 65.3 Å². The molecule has 6 heteroatoms. The second kappa shape index (κ2) is 9.37. The maximum Gasteiger partial charge on any atom is 0.206 e. The van der Waals surface area contributed by atoms with Crippen molar-refractivity contribution in [3.05, 3.63) is 82.1 Å². The van der Waals surface area contributed by atoms with E-state index in [9.17, 15) is 4.79 Å². The highest BCUT2D eigenvalue weighted by Crippen LogP contribution is 2.27. The fourth-order valence-corrected chi connectivity index (χ4v) is 3.06. The zero-order valence-corrected chi connectivity index (χ0v) is 17.3. The zero-order valence-electron chi connectivity index (χ0n) is 15.8. The lowest BCUT2D eigenvalue weighted by Crippen LogP contribution is -2.01. The number of hydrogen-bond donors (Lipinski definition) is 0. The predicted octanol–water partition coefficient (Wildman–Crippen LogP) is 5.15. The first kappa shape index (κ1) is 19.9. The fourth-order valence-electron chi connectivity index (χ4n) is 2.66. The first-order valence-corrected chi connectivity index (χ1v) is 9.70. The van der Waals surface area contributed by atoms with Crippen molar-refractivity contribution in [3.8, 4) is 11.5 Å². The first-order chi connectivity index (χ1) is 13.6. The van der Waals surface area contributed by atoms with Crippen molar-refractivity contribution in [3.63, 3.8) is 0 Å². The minimum absolute atomic E-state index is 0.131. The van der Waals surface area contributed by atoms with E-state index in [1.165, 1.54) is 6.08 Å². The van der Waals surface area contributed by atoms with Crippen LogP contribution >= 0.6 is 15.9 Å². The lowest BCUT2D eigenvalue weighted by atomic mass is 10.1. The number of carbonyl (C=O) groups excluding carboxylic acids is 1. The highest BCUT2D eigenvalue weighted by molar-refractivity contribution is 9.10. The summed E-state index contributed by atoms with van der Waals surface area (Å²) in [6.45, 7) is 3.06. The average molecular weight is 441 g/mol. The maximum atomic E-state index is 12.3. The molecule has 0 aliphatic carbocycles. The van der Waals surface area contributed by atoms with Crippen molar-refractivity contribution in [1.29, 1.82) is 0 Å². The zero-order chi connectivity index (χ0) is 19.9. The van der Waals surface area contributed by atoms with Crippen molar-refractivity contribution in [2.24, 2.45) is 0 Å². The van der Waals surface area contributed by atoms with Crippen LogP contribution in [0.1, 0.15) is 28.5 Å². The second-order valence-corrected chi connectivity index (χ2v) is 6.90. The van der Waals surface area contributed by atoms with E-state index >= 15 is 0 Å². The molecular formula is C22H21BrN2O3. The van der Waals surface area contributed by atoms with Crippen LogP contribution in [0.4, 0.5) is 0 Å². The number of allylic oxidation sites excluding steroid dienone is 1. The Kier molecular flexibility index (Phi) is 6.66. The molecule has 0 aliphatic rings. The van der Waals surface area contributed by atoms with Gasteiger partial charge in [0.2, 0.25) is 5.78 Å². The summed E-state index contributed by atoms with van der Waals surface area (Å²) < 4.78 is 14.0. The molecule has 0 radical (unpaired) electrons. The number of para-hydroxylation sites is 1. The second-order valence-electron chi connectivity index (χ2n) is 6.04. The molecule has 0 amide bonds. The number of rotatable bonds is 8. The average Bonchev–Trinajstić information content (AvgIpc) is 3.21. The Morgan fingerprint density at radius 3 is 2.71 bits per heavy atom. The van der Waals surface area contributed by atoms with Gasteiger partial charge in [0.05, 0.1) is 11.6 Å². The molecule has 3 aromatic rings. The molecule has 3 rings (SSSR count). The summed E-state index contributed by atoms with van der Waals surface area (Å²) >= 11 is 3.48. The molecule has 0 N–H and O–H groups in total. The van der Waals surface area contributed by atoms with E-state index in [-0.39, 0.29) is 5.78 Å². The molecular weight excluding hydrogens is 420 g/mol. The molecule has 2 aromatic carbocycles. The van der Waals surface area contributed by atoms with Gasteiger partial charge in [-0.25, -0.2) is 0 Å². The van der Waals surface area contributed by atoms with Gasteiger partial charge in [-0.2, -0.15) is 5.10 Å². The number of aromatic nitrogens is 2. The van der Waals surface area contributed by atoms with Gasteiger partial charge in [0.25, 0.3) is 0 Å². The van der Waals surface area contributed by atoms with Gasteiger partial charge in [-0.1, -0.05) is 24.3 Å². The quantitative estimate of drug-likeness (QED) is 0.359. The van der Waals surface area contributed by atoms with Crippen LogP contribution in [0, 0.1) is 0 Å². The maximum absolute atomic E-state index is 12.3. The molecule has 0 atom stereocenters. The Bertz CT molecular complexity index is 995. The molecule has 1 heterocycles. The van der Waals surface area contributed by atoms with Gasteiger partial charge in [-0.05, 0) is 64.8 Å². The summed E-state index contributed by atoms with van der Waals surface area (Å²) in [4.78, 5) is 12.3. The van der Waals surface area contributed by atoms with Gasteiger partial charge in [-0.15, -0.1) is 0 Å². The predicted molar refractivity (Wildman–Crippen MR) is 113 cm³/mol. The van der Waals surface area contributed by atoms with E-state index in [4.69, 9.17) is 9.47 Å². The largest absolute Gasteiger partial charge is 0.496 e. The molecule has 0 bridgehead atoms. The molecule has 0 fully saturated rings. The van der Waals surface area contributed by atoms with E-state index in [2.05, 4.69) is 21.0 Å². The molecule has 28 heavy (non-hydrogen) atoms. The highest BCUT2D eigenvalue weighted by Gasteiger charge is 2.08. The normalized spacial score (nSPS) is 11.0. The van der Waals surface area contributed by atoms with Crippen LogP contribution in [0.5, 0.6) is 11.5 Å². The SMILES string of the molecule is CCn1ccc(C(=O)C=Cc2ccc(OC)c(COc3ccccc3Br)c2)n1. The number of carbonyl (C=O) groups is 1. The summed E-state index contributed by atoms with van der Waals surface area (Å²) in [6, 6.07) is 15.1. The van der Waals surface area contributed by atoms with E-state index in [1.807, 2.05) is 49.4 Å². The third kappa shape index (κ3) is 4.89. The lowest BCUT2D eigenvalue weighted by molar-refractivity contribution is 0.104. The smallest absolute Gasteiger partial charge is 0.206 e. The van der Waals surface area contributed by atoms with Crippen LogP contribution in [0.25, 0.3) is 6.08 Å². The van der Waals surface area contributed by atoms with Gasteiger partial charge in [-0.3, -0.25) is 9.48 Å². The molecule has 5 nitrogen and oxygen atoms in total. The fraction of sp³-hybridized carbons (Fsp3) is 0.182. The molecule has 0 saturated carbocycles. The van der Waals surface area contributed by atoms with Crippen molar-refractivity contribution in [1.82, 2.24) is 9.78 Å². The summed E-state index contributed by atoms with van der Waals surface area (Å²) in [5.41, 5.74) is 2.21. The van der Waals surface area contributed by atoms with Crippen molar-refractivity contribution >= 4 is 27.8 Å². The number of aryl methyl sites for hydroxylation is 1. The monoisotopic (exact) mass is 440 g/mol. The van der Waals surface area contributed by atoms with E-state index < -0.39 is 0 Å². The van der Waals surface area contributed by atoms with Gasteiger partial charge < -0.3 is 9.47 Å². The Morgan fingerprint density at radius 2 is 2.00 bits per heavy atom. The summed E-state index contributed by atoms with van der Waals surface area (Å²) in [7, 11) is 1.63. The van der Waals surface area contributed by atoms with Crippen LogP contribution in [0.2, 0.25) is 0 Å². The number of ether oxygens (including phenoxy) is 2. The lowest BCUT2D eigenvalue weighted by Gasteiger charge is -2.12. The number of halogens is 1. The topological polar surface area (TPSA) is 53.4 Å². The van der Waals surface area contributed by atoms with Crippen molar-refractivity contribution in [2.75, 3.05) is 7.11 Å². The number of nitrogens with zero attached hydrogens (tertiary/aromatic N) is 2. The third-order valence-corrected chi connectivity index (χ3v) is 4.82. The van der Waals surface area contributed by atoms with Crippen LogP contribution < -0.4 is 9.47 Å². The Balaban J connectivity index is 1.74. The van der Waals surface area contributed by atoms with E-state index in [0.29, 0.717) is 12.3 Å². The number of ketones is 1. The van der Waals surface area contributed by atoms with Crippen LogP contribution in [-0.4, -0.2) is 22.7 Å². The minimum atomic E-state index is -0.131. The van der Waals surface area contributed by atoms with Gasteiger partial charge >= 0.3 is 0 Å². The van der Waals surface area contributed by atoms with E-state index in [0.717, 1.165) is 33.6 Å². The molecule has 144 valence electrons. The standard InChI is InChI=1S/C22H21BrN2O3/c1-3-25-13-12-19(24-25)20(26)10-8-16-9-11-21(27-2)17(14-16)15-28-22-7-5-4-6-18(22)23/h4-14H,3,15H2,1-2H3. The number of methoxy groups -OCH3 is 1. The van der Waals surface area contributed by atoms with Gasteiger partial charge in [0.1, 0.15) is 23.8 Å². The molecule has 0 unspecified atom stereocenters. The van der Waals surface area contributed by atoms with Gasteiger partial charge in [0, 0.05) is 18.3 Å². The molecule has 0 spiro atoms. The summed E-state index contributed by atoms with van der Waals surface area (Å²) in [5.74, 6) is 1.36. The van der Waals surface area contributed by atoms with Crippen molar-refractivity contribution < 1.29 is 14.3 Å². The molecule has 1 aromatic heterocycles. The summed E-state index contributed by atoms with van der Waals surface area (Å²) in [6.07, 6.45) is 5.10. The number of hydrogen-bond acceptors (Lipinski definition) is 4. The summed E-state index contributed by atoms with van der Waals surface area (Å²) in [5, 5.41) is 4.23. The van der Waals surface area contributed by atoms with E-state index in [1.54, 1.807) is 30.1 Å². The number of benzene rings is 2. The van der Waals surface area contributed by atoms with Gasteiger partial charge in [0.15, 0.2) is 0 Å². The van der Waals surface area contributed by atoms with Crippen LogP contribution in [0.3, 0.4) is 0 Å². The molecule has 0 aliphatic heterocycles. The highest BCUT2D eigenvalue weighted by atomic mass is 79.9.